The van der Waals surface area contributed by atoms with Crippen LogP contribution in [0.5, 0.6) is 0 Å². The Kier molecular flexibility index (Phi) is 4.26. The van der Waals surface area contributed by atoms with Crippen LogP contribution in [0.25, 0.3) is 0 Å². The number of ether oxygens (including phenoxy) is 1. The topological polar surface area (TPSA) is 56.2 Å². The number of hydrogen-bond donors (Lipinski definition) is 1. The highest BCUT2D eigenvalue weighted by Gasteiger charge is 2.24. The molecule has 0 bridgehead atoms. The van der Waals surface area contributed by atoms with Crippen molar-refractivity contribution in [3.8, 4) is 0 Å². The fourth-order valence-corrected chi connectivity index (χ4v) is 2.95. The number of benzene rings is 2. The van der Waals surface area contributed by atoms with Gasteiger partial charge in [-0.05, 0) is 42.8 Å². The predicted molar refractivity (Wildman–Crippen MR) is 95.3 cm³/mol. The molecule has 0 saturated heterocycles. The van der Waals surface area contributed by atoms with Crippen molar-refractivity contribution in [1.82, 2.24) is 9.78 Å². The van der Waals surface area contributed by atoms with Gasteiger partial charge < -0.3 is 10.1 Å². The number of amides is 1. The number of carbonyl (C=O) groups excluding carboxylic acids is 1. The van der Waals surface area contributed by atoms with Crippen molar-refractivity contribution in [3.05, 3.63) is 82.9 Å². The van der Waals surface area contributed by atoms with Gasteiger partial charge in [0, 0.05) is 5.69 Å². The molecule has 0 spiro atoms. The van der Waals surface area contributed by atoms with E-state index >= 15 is 0 Å². The van der Waals surface area contributed by atoms with Gasteiger partial charge >= 0.3 is 0 Å². The average molecular weight is 351 g/mol. The lowest BCUT2D eigenvalue weighted by Crippen LogP contribution is -2.22. The normalized spacial score (nSPS) is 16.2. The van der Waals surface area contributed by atoms with Crippen molar-refractivity contribution in [3.63, 3.8) is 0 Å². The van der Waals surface area contributed by atoms with E-state index in [0.29, 0.717) is 18.8 Å². The van der Waals surface area contributed by atoms with Gasteiger partial charge in [0.05, 0.1) is 18.8 Å². The van der Waals surface area contributed by atoms with Gasteiger partial charge in [0.2, 0.25) is 0 Å². The van der Waals surface area contributed by atoms with Crippen molar-refractivity contribution in [2.45, 2.75) is 26.2 Å². The summed E-state index contributed by atoms with van der Waals surface area (Å²) in [5, 5.41) is 7.25. The number of aromatic nitrogens is 2. The van der Waals surface area contributed by atoms with Crippen LogP contribution in [-0.4, -0.2) is 15.7 Å². The first-order valence-electron chi connectivity index (χ1n) is 8.40. The van der Waals surface area contributed by atoms with Crippen LogP contribution < -0.4 is 5.32 Å². The summed E-state index contributed by atoms with van der Waals surface area (Å²) in [5.41, 5.74) is 3.94. The Hall–Kier alpha value is -2.99. The molecule has 4 rings (SSSR count). The first kappa shape index (κ1) is 16.5. The molecule has 1 aliphatic heterocycles. The van der Waals surface area contributed by atoms with Crippen LogP contribution in [-0.2, 0) is 17.9 Å². The van der Waals surface area contributed by atoms with E-state index in [-0.39, 0.29) is 17.8 Å². The molecule has 5 nitrogen and oxygen atoms in total. The van der Waals surface area contributed by atoms with Crippen molar-refractivity contribution >= 4 is 11.6 Å². The molecule has 1 aromatic heterocycles. The van der Waals surface area contributed by atoms with Gasteiger partial charge in [-0.25, -0.2) is 4.39 Å². The molecule has 1 unspecified atom stereocenters. The quantitative estimate of drug-likeness (QED) is 0.780. The van der Waals surface area contributed by atoms with Crippen LogP contribution in [0, 0.1) is 12.7 Å². The minimum atomic E-state index is -0.278. The fraction of sp³-hybridized carbons (Fsp3) is 0.200. The Bertz CT molecular complexity index is 933. The molecular weight excluding hydrogens is 333 g/mol. The highest BCUT2D eigenvalue weighted by atomic mass is 19.1. The van der Waals surface area contributed by atoms with E-state index in [0.717, 1.165) is 22.5 Å². The van der Waals surface area contributed by atoms with E-state index in [2.05, 4.69) is 10.4 Å². The number of carbonyl (C=O) groups is 1. The van der Waals surface area contributed by atoms with Crippen LogP contribution in [0.3, 0.4) is 0 Å². The molecule has 0 saturated carbocycles. The van der Waals surface area contributed by atoms with Crippen molar-refractivity contribution in [2.75, 3.05) is 5.32 Å². The zero-order valence-corrected chi connectivity index (χ0v) is 14.3. The van der Waals surface area contributed by atoms with E-state index in [1.807, 2.05) is 31.2 Å². The molecular formula is C20H18FN3O2. The minimum Gasteiger partial charge on any atom is -0.365 e. The third-order valence-electron chi connectivity index (χ3n) is 4.42. The smallest absolute Gasteiger partial charge is 0.276 e. The van der Waals surface area contributed by atoms with E-state index in [1.165, 1.54) is 12.1 Å². The van der Waals surface area contributed by atoms with E-state index in [4.69, 9.17) is 4.74 Å². The number of nitrogens with one attached hydrogen (secondary N) is 1. The van der Waals surface area contributed by atoms with Gasteiger partial charge in [0.15, 0.2) is 5.69 Å². The second-order valence-corrected chi connectivity index (χ2v) is 6.37. The van der Waals surface area contributed by atoms with E-state index in [9.17, 15) is 9.18 Å². The highest BCUT2D eigenvalue weighted by Crippen LogP contribution is 2.27. The summed E-state index contributed by atoms with van der Waals surface area (Å²) in [6.07, 6.45) is -0.212. The Morgan fingerprint density at radius 2 is 1.92 bits per heavy atom. The first-order chi connectivity index (χ1) is 12.6. The van der Waals surface area contributed by atoms with Crippen LogP contribution in [0.4, 0.5) is 10.1 Å². The summed E-state index contributed by atoms with van der Waals surface area (Å²) in [7, 11) is 0. The van der Waals surface area contributed by atoms with Crippen LogP contribution in [0.15, 0.2) is 54.6 Å². The second-order valence-electron chi connectivity index (χ2n) is 6.37. The maximum Gasteiger partial charge on any atom is 0.276 e. The molecule has 6 heteroatoms. The Morgan fingerprint density at radius 1 is 1.19 bits per heavy atom. The van der Waals surface area contributed by atoms with Gasteiger partial charge in [0.1, 0.15) is 11.9 Å². The Morgan fingerprint density at radius 3 is 2.65 bits per heavy atom. The van der Waals surface area contributed by atoms with E-state index in [1.54, 1.807) is 22.9 Å². The predicted octanol–water partition coefficient (Wildman–Crippen LogP) is 3.85. The van der Waals surface area contributed by atoms with Gasteiger partial charge in [-0.3, -0.25) is 9.48 Å². The maximum atomic E-state index is 13.1. The fourth-order valence-electron chi connectivity index (χ4n) is 2.95. The largest absolute Gasteiger partial charge is 0.365 e. The lowest BCUT2D eigenvalue weighted by Gasteiger charge is -2.24. The summed E-state index contributed by atoms with van der Waals surface area (Å²) >= 11 is 0. The second kappa shape index (κ2) is 6.72. The Balaban J connectivity index is 1.49. The summed E-state index contributed by atoms with van der Waals surface area (Å²) in [6, 6.07) is 15.6. The molecule has 0 aliphatic carbocycles. The van der Waals surface area contributed by atoms with Gasteiger partial charge in [0.25, 0.3) is 5.91 Å². The zero-order chi connectivity index (χ0) is 18.1. The summed E-state index contributed by atoms with van der Waals surface area (Å²) in [6.45, 7) is 2.83. The van der Waals surface area contributed by atoms with Crippen molar-refractivity contribution < 1.29 is 13.9 Å². The minimum absolute atomic E-state index is 0.212. The molecule has 132 valence electrons. The third kappa shape index (κ3) is 3.36. The van der Waals surface area contributed by atoms with Gasteiger partial charge in [-0.15, -0.1) is 0 Å². The molecule has 0 radical (unpaired) electrons. The molecule has 1 atom stereocenters. The molecule has 2 aromatic carbocycles. The molecule has 1 aliphatic rings. The molecule has 0 fully saturated rings. The molecule has 3 aromatic rings. The lowest BCUT2D eigenvalue weighted by atomic mass is 10.1. The standard InChI is InChI=1S/C20H18FN3O2/c1-13-2-8-16(9-3-13)22-20(25)18-10-17-12-26-19(11-24(17)23-18)14-4-6-15(21)7-5-14/h2-10,19H,11-12H2,1H3,(H,22,25). The summed E-state index contributed by atoms with van der Waals surface area (Å²) in [5.74, 6) is -0.534. The third-order valence-corrected chi connectivity index (χ3v) is 4.42. The van der Waals surface area contributed by atoms with Crippen molar-refractivity contribution in [1.29, 1.82) is 0 Å². The average Bonchev–Trinajstić information content (AvgIpc) is 3.08. The van der Waals surface area contributed by atoms with Crippen LogP contribution >= 0.6 is 0 Å². The summed E-state index contributed by atoms with van der Waals surface area (Å²) < 4.78 is 20.7. The molecule has 1 amide bonds. The number of halogens is 1. The van der Waals surface area contributed by atoms with Crippen LogP contribution in [0.2, 0.25) is 0 Å². The highest BCUT2D eigenvalue weighted by molar-refractivity contribution is 6.02. The number of anilines is 1. The number of fused-ring (bicyclic) bond motifs is 1. The number of nitrogens with zero attached hydrogens (tertiary/aromatic N) is 2. The Labute approximate surface area is 150 Å². The van der Waals surface area contributed by atoms with Gasteiger partial charge in [-0.1, -0.05) is 29.8 Å². The zero-order valence-electron chi connectivity index (χ0n) is 14.3. The number of hydrogen-bond acceptors (Lipinski definition) is 3. The first-order valence-corrected chi connectivity index (χ1v) is 8.40. The molecule has 1 N–H and O–H groups in total. The molecule has 26 heavy (non-hydrogen) atoms. The summed E-state index contributed by atoms with van der Waals surface area (Å²) in [4.78, 5) is 12.4. The van der Waals surface area contributed by atoms with E-state index < -0.39 is 0 Å². The monoisotopic (exact) mass is 351 g/mol. The van der Waals surface area contributed by atoms with Gasteiger partial charge in [-0.2, -0.15) is 5.10 Å². The van der Waals surface area contributed by atoms with Crippen LogP contribution in [0.1, 0.15) is 33.4 Å². The van der Waals surface area contributed by atoms with Crippen molar-refractivity contribution in [2.24, 2.45) is 0 Å². The lowest BCUT2D eigenvalue weighted by molar-refractivity contribution is -0.00122. The number of rotatable bonds is 3. The maximum absolute atomic E-state index is 13.1. The molecule has 2 heterocycles. The SMILES string of the molecule is Cc1ccc(NC(=O)c2cc3n(n2)CC(c2ccc(F)cc2)OC3)cc1. The number of aryl methyl sites for hydroxylation is 1.